The van der Waals surface area contributed by atoms with E-state index in [4.69, 9.17) is 19.4 Å². The second-order valence-corrected chi connectivity index (χ2v) is 17.1. The highest BCUT2D eigenvalue weighted by molar-refractivity contribution is 7.25. The molecule has 0 fully saturated rings. The number of thiophene rings is 1. The van der Waals surface area contributed by atoms with Gasteiger partial charge in [-0.2, -0.15) is 0 Å². The quantitative estimate of drug-likeness (QED) is 0.168. The summed E-state index contributed by atoms with van der Waals surface area (Å²) in [4.78, 5) is 15.2. The Morgan fingerprint density at radius 2 is 0.889 bits per heavy atom. The van der Waals surface area contributed by atoms with E-state index >= 15 is 0 Å². The smallest absolute Gasteiger partial charge is 0.164 e. The van der Waals surface area contributed by atoms with E-state index in [1.165, 1.54) is 64.2 Å². The van der Waals surface area contributed by atoms with Crippen LogP contribution in [0, 0.1) is 0 Å². The highest BCUT2D eigenvalue weighted by Crippen LogP contribution is 2.42. The third-order valence-electron chi connectivity index (χ3n) is 12.3. The number of para-hydroxylation sites is 3. The molecule has 0 atom stereocenters. The summed E-state index contributed by atoms with van der Waals surface area (Å²) in [5, 5.41) is 7.10. The predicted molar refractivity (Wildman–Crippen MR) is 262 cm³/mol. The standard InChI is InChI=1S/C57H34N4OS/c1-3-13-35(14-4-1)55-58-56(38-24-28-46-45-20-10-12-22-51(45)62-52(46)33-38)60-57(59-55)39-25-29-47-48-31-36(26-30-53(48)63-54(47)34-39)41-17-7-8-18-42(41)37-23-27-44-43-19-9-11-21-49(43)61(50(44)32-37)40-15-5-2-6-16-40/h1-34H. The van der Waals surface area contributed by atoms with Crippen molar-refractivity contribution in [2.75, 3.05) is 0 Å². The van der Waals surface area contributed by atoms with Gasteiger partial charge in [0.1, 0.15) is 11.2 Å². The van der Waals surface area contributed by atoms with Gasteiger partial charge in [0.2, 0.25) is 0 Å². The maximum Gasteiger partial charge on any atom is 0.164 e. The van der Waals surface area contributed by atoms with Gasteiger partial charge in [0.05, 0.1) is 11.0 Å². The minimum absolute atomic E-state index is 0.599. The maximum atomic E-state index is 6.26. The Hall–Kier alpha value is -8.19. The predicted octanol–water partition coefficient (Wildman–Crippen LogP) is 15.6. The van der Waals surface area contributed by atoms with Crippen LogP contribution in [0.3, 0.4) is 0 Å². The maximum absolute atomic E-state index is 6.26. The molecular formula is C57H34N4OS. The van der Waals surface area contributed by atoms with Gasteiger partial charge in [0.15, 0.2) is 17.5 Å². The zero-order chi connectivity index (χ0) is 41.4. The summed E-state index contributed by atoms with van der Waals surface area (Å²) in [5.74, 6) is 1.85. The molecule has 6 heteroatoms. The highest BCUT2D eigenvalue weighted by Gasteiger charge is 2.18. The fourth-order valence-electron chi connectivity index (χ4n) is 9.28. The lowest BCUT2D eigenvalue weighted by molar-refractivity contribution is 0.669. The number of hydrogen-bond donors (Lipinski definition) is 0. The second-order valence-electron chi connectivity index (χ2n) is 16.0. The first kappa shape index (κ1) is 35.6. The van der Waals surface area contributed by atoms with Gasteiger partial charge < -0.3 is 8.98 Å². The van der Waals surface area contributed by atoms with Crippen LogP contribution in [-0.2, 0) is 0 Å². The fraction of sp³-hybridized carbons (Fsp3) is 0. The Labute approximate surface area is 365 Å². The number of nitrogens with zero attached hydrogens (tertiary/aromatic N) is 4. The first-order valence-electron chi connectivity index (χ1n) is 21.1. The van der Waals surface area contributed by atoms with Crippen molar-refractivity contribution >= 4 is 75.3 Å². The Kier molecular flexibility index (Phi) is 8.01. The first-order valence-corrected chi connectivity index (χ1v) is 21.9. The van der Waals surface area contributed by atoms with E-state index in [2.05, 4.69) is 156 Å². The highest BCUT2D eigenvalue weighted by atomic mass is 32.1. The lowest BCUT2D eigenvalue weighted by Gasteiger charge is -2.12. The summed E-state index contributed by atoms with van der Waals surface area (Å²) in [6.45, 7) is 0. The number of fused-ring (bicyclic) bond motifs is 9. The van der Waals surface area contributed by atoms with Gasteiger partial charge in [-0.15, -0.1) is 11.3 Å². The molecule has 4 heterocycles. The van der Waals surface area contributed by atoms with E-state index in [1.807, 2.05) is 54.6 Å². The van der Waals surface area contributed by atoms with Crippen LogP contribution in [0.4, 0.5) is 0 Å². The van der Waals surface area contributed by atoms with E-state index in [1.54, 1.807) is 11.3 Å². The van der Waals surface area contributed by atoms with Crippen molar-refractivity contribution in [3.05, 3.63) is 206 Å². The van der Waals surface area contributed by atoms with Gasteiger partial charge >= 0.3 is 0 Å². The molecule has 5 nitrogen and oxygen atoms in total. The van der Waals surface area contributed by atoms with Crippen LogP contribution >= 0.6 is 11.3 Å². The normalized spacial score (nSPS) is 11.8. The Morgan fingerprint density at radius 3 is 1.68 bits per heavy atom. The molecule has 63 heavy (non-hydrogen) atoms. The van der Waals surface area contributed by atoms with Crippen LogP contribution in [0.15, 0.2) is 211 Å². The van der Waals surface area contributed by atoms with Crippen molar-refractivity contribution in [1.82, 2.24) is 19.5 Å². The molecule has 4 aromatic heterocycles. The average molecular weight is 823 g/mol. The molecule has 0 N–H and O–H groups in total. The molecule has 0 spiro atoms. The van der Waals surface area contributed by atoms with E-state index < -0.39 is 0 Å². The van der Waals surface area contributed by atoms with Gasteiger partial charge in [-0.1, -0.05) is 146 Å². The molecule has 13 rings (SSSR count). The monoisotopic (exact) mass is 822 g/mol. The van der Waals surface area contributed by atoms with Gasteiger partial charge in [-0.25, -0.2) is 15.0 Å². The minimum atomic E-state index is 0.599. The summed E-state index contributed by atoms with van der Waals surface area (Å²) in [6, 6.07) is 73.0. The van der Waals surface area contributed by atoms with Crippen LogP contribution < -0.4 is 0 Å². The van der Waals surface area contributed by atoms with Gasteiger partial charge in [0.25, 0.3) is 0 Å². The van der Waals surface area contributed by atoms with Crippen LogP contribution in [-0.4, -0.2) is 19.5 Å². The topological polar surface area (TPSA) is 56.7 Å². The molecule has 0 saturated carbocycles. The molecule has 294 valence electrons. The molecule has 9 aromatic carbocycles. The molecular weight excluding hydrogens is 789 g/mol. The van der Waals surface area contributed by atoms with Crippen molar-refractivity contribution in [2.24, 2.45) is 0 Å². The molecule has 0 bridgehead atoms. The van der Waals surface area contributed by atoms with E-state index in [0.29, 0.717) is 17.5 Å². The molecule has 0 aliphatic heterocycles. The zero-order valence-electron chi connectivity index (χ0n) is 33.7. The number of benzene rings is 9. The van der Waals surface area contributed by atoms with Crippen molar-refractivity contribution in [1.29, 1.82) is 0 Å². The van der Waals surface area contributed by atoms with Crippen molar-refractivity contribution in [3.63, 3.8) is 0 Å². The minimum Gasteiger partial charge on any atom is -0.456 e. The Bertz CT molecular complexity index is 3920. The Balaban J connectivity index is 0.906. The number of rotatable bonds is 6. The summed E-state index contributed by atoms with van der Waals surface area (Å²) in [5.41, 5.74) is 12.7. The van der Waals surface area contributed by atoms with Crippen molar-refractivity contribution in [2.45, 2.75) is 0 Å². The molecule has 13 aromatic rings. The molecule has 0 amide bonds. The summed E-state index contributed by atoms with van der Waals surface area (Å²) in [6.07, 6.45) is 0. The fourth-order valence-corrected chi connectivity index (χ4v) is 10.4. The molecule has 0 aliphatic carbocycles. The first-order chi connectivity index (χ1) is 31.2. The molecule has 0 radical (unpaired) electrons. The molecule has 0 unspecified atom stereocenters. The van der Waals surface area contributed by atoms with Crippen LogP contribution in [0.5, 0.6) is 0 Å². The van der Waals surface area contributed by atoms with E-state index in [0.717, 1.165) is 44.3 Å². The number of hydrogen-bond acceptors (Lipinski definition) is 5. The van der Waals surface area contributed by atoms with Gasteiger partial charge in [0, 0.05) is 64.1 Å². The summed E-state index contributed by atoms with van der Waals surface area (Å²) >= 11 is 1.80. The number of aromatic nitrogens is 4. The van der Waals surface area contributed by atoms with Crippen molar-refractivity contribution < 1.29 is 4.42 Å². The van der Waals surface area contributed by atoms with Gasteiger partial charge in [-0.05, 0) is 82.9 Å². The van der Waals surface area contributed by atoms with Crippen LogP contribution in [0.25, 0.3) is 126 Å². The average Bonchev–Trinajstić information content (AvgIpc) is 4.03. The van der Waals surface area contributed by atoms with Crippen LogP contribution in [0.2, 0.25) is 0 Å². The lowest BCUT2D eigenvalue weighted by atomic mass is 9.93. The number of furan rings is 1. The Morgan fingerprint density at radius 1 is 0.333 bits per heavy atom. The summed E-state index contributed by atoms with van der Waals surface area (Å²) < 4.78 is 11.1. The van der Waals surface area contributed by atoms with Crippen LogP contribution in [0.1, 0.15) is 0 Å². The molecule has 0 aliphatic rings. The van der Waals surface area contributed by atoms with E-state index in [-0.39, 0.29) is 0 Å². The third-order valence-corrected chi connectivity index (χ3v) is 13.4. The van der Waals surface area contributed by atoms with Gasteiger partial charge in [-0.3, -0.25) is 0 Å². The third kappa shape index (κ3) is 5.87. The van der Waals surface area contributed by atoms with Crippen molar-refractivity contribution in [3.8, 4) is 62.1 Å². The SMILES string of the molecule is c1ccc(-c2nc(-c3ccc4c(c3)oc3ccccc34)nc(-c3ccc4c(c3)sc3ccc(-c5ccccc5-c5ccc6c7ccccc7n(-c7ccccc7)c6c5)cc34)n2)cc1. The largest absolute Gasteiger partial charge is 0.456 e. The second kappa shape index (κ2) is 14.2. The summed E-state index contributed by atoms with van der Waals surface area (Å²) in [7, 11) is 0. The molecule has 0 saturated heterocycles. The lowest BCUT2D eigenvalue weighted by Crippen LogP contribution is -2.00. The zero-order valence-corrected chi connectivity index (χ0v) is 34.6. The van der Waals surface area contributed by atoms with E-state index in [9.17, 15) is 0 Å².